The summed E-state index contributed by atoms with van der Waals surface area (Å²) in [6, 6.07) is 0. The number of carbonyl (C=O) groups is 2. The third-order valence-corrected chi connectivity index (χ3v) is 8.56. The van der Waals surface area contributed by atoms with Crippen LogP contribution >= 0.6 is 7.82 Å². The highest BCUT2D eigenvalue weighted by atomic mass is 31.2. The first-order valence-electron chi connectivity index (χ1n) is 19.4. The maximum absolute atomic E-state index is 12.4. The lowest BCUT2D eigenvalue weighted by Crippen LogP contribution is -2.29. The molecular formula is C40H71O8P. The van der Waals surface area contributed by atoms with Crippen LogP contribution in [-0.2, 0) is 28.2 Å². The zero-order valence-electron chi connectivity index (χ0n) is 31.1. The summed E-state index contributed by atoms with van der Waals surface area (Å²) in [6.07, 6.45) is 42.6. The number of hydrogen-bond donors (Lipinski definition) is 2. The van der Waals surface area contributed by atoms with Gasteiger partial charge in [-0.25, -0.2) is 4.57 Å². The standard InChI is InChI=1S/C40H71O8P/c1-3-5-7-9-11-13-15-17-19-21-23-25-27-29-31-33-35-40(42)48-38(37-47-49(43,44)45)36-46-39(41)34-32-30-28-26-24-22-20-18-16-14-12-10-8-6-4-2/h12,14,18-21,24,26,38H,3-11,13,15-17,22-23,25,27-37H2,1-2H3,(H2,43,44,45)/b14-12-,20-18-,21-19-,26-24-/t38-/m1/s1. The van der Waals surface area contributed by atoms with E-state index in [1.54, 1.807) is 0 Å². The molecule has 0 aliphatic carbocycles. The van der Waals surface area contributed by atoms with Crippen LogP contribution in [0, 0.1) is 0 Å². The van der Waals surface area contributed by atoms with E-state index in [9.17, 15) is 14.2 Å². The molecule has 284 valence electrons. The second-order valence-electron chi connectivity index (χ2n) is 12.9. The Morgan fingerprint density at radius 3 is 1.47 bits per heavy atom. The van der Waals surface area contributed by atoms with Gasteiger partial charge in [0.05, 0.1) is 6.61 Å². The van der Waals surface area contributed by atoms with Gasteiger partial charge in [-0.3, -0.25) is 14.1 Å². The van der Waals surface area contributed by atoms with Gasteiger partial charge in [-0.15, -0.1) is 0 Å². The molecule has 0 saturated carbocycles. The molecule has 9 heteroatoms. The molecule has 0 spiro atoms. The fourth-order valence-corrected chi connectivity index (χ4v) is 5.50. The Bertz CT molecular complexity index is 937. The summed E-state index contributed by atoms with van der Waals surface area (Å²) in [6.45, 7) is 3.60. The Morgan fingerprint density at radius 2 is 0.918 bits per heavy atom. The molecule has 2 N–H and O–H groups in total. The van der Waals surface area contributed by atoms with Crippen LogP contribution in [0.5, 0.6) is 0 Å². The lowest BCUT2D eigenvalue weighted by Gasteiger charge is -2.18. The van der Waals surface area contributed by atoms with Crippen molar-refractivity contribution in [2.75, 3.05) is 13.2 Å². The monoisotopic (exact) mass is 710 g/mol. The molecule has 0 rings (SSSR count). The minimum absolute atomic E-state index is 0.193. The van der Waals surface area contributed by atoms with Gasteiger partial charge >= 0.3 is 19.8 Å². The van der Waals surface area contributed by atoms with Crippen molar-refractivity contribution in [2.45, 2.75) is 180 Å². The third kappa shape index (κ3) is 38.7. The van der Waals surface area contributed by atoms with Crippen molar-refractivity contribution < 1.29 is 37.9 Å². The van der Waals surface area contributed by atoms with Crippen LogP contribution in [-0.4, -0.2) is 41.0 Å². The van der Waals surface area contributed by atoms with Crippen molar-refractivity contribution in [3.05, 3.63) is 48.6 Å². The zero-order valence-corrected chi connectivity index (χ0v) is 32.0. The van der Waals surface area contributed by atoms with Crippen LogP contribution in [0.3, 0.4) is 0 Å². The number of phosphoric acid groups is 1. The first-order chi connectivity index (χ1) is 23.8. The maximum atomic E-state index is 12.4. The first-order valence-corrected chi connectivity index (χ1v) is 21.0. The number of allylic oxidation sites excluding steroid dienone is 8. The number of hydrogen-bond acceptors (Lipinski definition) is 6. The molecule has 0 amide bonds. The predicted octanol–water partition coefficient (Wildman–Crippen LogP) is 11.6. The van der Waals surface area contributed by atoms with E-state index in [2.05, 4.69) is 67.0 Å². The fourth-order valence-electron chi connectivity index (χ4n) is 5.14. The maximum Gasteiger partial charge on any atom is 0.469 e. The quantitative estimate of drug-likeness (QED) is 0.0289. The number of unbranched alkanes of at least 4 members (excludes halogenated alkanes) is 17. The van der Waals surface area contributed by atoms with E-state index in [1.807, 2.05) is 0 Å². The molecule has 0 unspecified atom stereocenters. The van der Waals surface area contributed by atoms with E-state index >= 15 is 0 Å². The molecule has 49 heavy (non-hydrogen) atoms. The summed E-state index contributed by atoms with van der Waals surface area (Å²) in [7, 11) is -4.76. The van der Waals surface area contributed by atoms with Gasteiger partial charge < -0.3 is 19.3 Å². The Kier molecular flexibility index (Phi) is 34.4. The highest BCUT2D eigenvalue weighted by molar-refractivity contribution is 7.46. The van der Waals surface area contributed by atoms with E-state index in [0.29, 0.717) is 12.8 Å². The number of carbonyl (C=O) groups excluding carboxylic acids is 2. The summed E-state index contributed by atoms with van der Waals surface area (Å²) < 4.78 is 26.3. The zero-order chi connectivity index (χ0) is 36.1. The highest BCUT2D eigenvalue weighted by Gasteiger charge is 2.22. The molecule has 0 aromatic heterocycles. The normalized spacial score (nSPS) is 13.0. The molecule has 8 nitrogen and oxygen atoms in total. The first kappa shape index (κ1) is 47.0. The largest absolute Gasteiger partial charge is 0.469 e. The fraction of sp³-hybridized carbons (Fsp3) is 0.750. The van der Waals surface area contributed by atoms with Gasteiger partial charge in [-0.2, -0.15) is 0 Å². The van der Waals surface area contributed by atoms with Crippen molar-refractivity contribution >= 4 is 19.8 Å². The number of esters is 2. The van der Waals surface area contributed by atoms with Gasteiger partial charge in [-0.1, -0.05) is 133 Å². The van der Waals surface area contributed by atoms with Gasteiger partial charge in [0.15, 0.2) is 6.10 Å². The van der Waals surface area contributed by atoms with E-state index in [0.717, 1.165) is 64.2 Å². The Hall–Kier alpha value is -1.99. The van der Waals surface area contributed by atoms with E-state index < -0.39 is 32.5 Å². The van der Waals surface area contributed by atoms with Crippen molar-refractivity contribution in [1.29, 1.82) is 0 Å². The van der Waals surface area contributed by atoms with Crippen molar-refractivity contribution in [3.63, 3.8) is 0 Å². The molecule has 0 radical (unpaired) electrons. The number of phosphoric ester groups is 1. The van der Waals surface area contributed by atoms with Gasteiger partial charge in [0.1, 0.15) is 6.61 Å². The van der Waals surface area contributed by atoms with Crippen LogP contribution < -0.4 is 0 Å². The van der Waals surface area contributed by atoms with Crippen molar-refractivity contribution in [1.82, 2.24) is 0 Å². The minimum Gasteiger partial charge on any atom is -0.462 e. The van der Waals surface area contributed by atoms with Gasteiger partial charge in [0.2, 0.25) is 0 Å². The van der Waals surface area contributed by atoms with Crippen LogP contribution in [0.25, 0.3) is 0 Å². The average molecular weight is 711 g/mol. The molecular weight excluding hydrogens is 639 g/mol. The van der Waals surface area contributed by atoms with Gasteiger partial charge in [-0.05, 0) is 77.0 Å². The second kappa shape index (κ2) is 35.8. The molecule has 0 aliphatic heterocycles. The molecule has 0 heterocycles. The summed E-state index contributed by atoms with van der Waals surface area (Å²) in [5.74, 6) is -0.941. The molecule has 0 fully saturated rings. The number of rotatable bonds is 35. The lowest BCUT2D eigenvalue weighted by atomic mass is 10.1. The molecule has 1 atom stereocenters. The minimum atomic E-state index is -4.76. The van der Waals surface area contributed by atoms with Crippen LogP contribution in [0.2, 0.25) is 0 Å². The van der Waals surface area contributed by atoms with Gasteiger partial charge in [0.25, 0.3) is 0 Å². The molecule has 0 bridgehead atoms. The van der Waals surface area contributed by atoms with Gasteiger partial charge in [0, 0.05) is 12.8 Å². The Morgan fingerprint density at radius 1 is 0.531 bits per heavy atom. The van der Waals surface area contributed by atoms with Crippen LogP contribution in [0.1, 0.15) is 174 Å². The highest BCUT2D eigenvalue weighted by Crippen LogP contribution is 2.36. The summed E-state index contributed by atoms with van der Waals surface area (Å²) in [5.41, 5.74) is 0. The summed E-state index contributed by atoms with van der Waals surface area (Å²) in [5, 5.41) is 0. The van der Waals surface area contributed by atoms with E-state index in [-0.39, 0.29) is 19.4 Å². The van der Waals surface area contributed by atoms with Crippen molar-refractivity contribution in [3.8, 4) is 0 Å². The summed E-state index contributed by atoms with van der Waals surface area (Å²) in [4.78, 5) is 42.7. The molecule has 0 aromatic carbocycles. The Labute approximate surface area is 299 Å². The Balaban J connectivity index is 4.04. The lowest BCUT2D eigenvalue weighted by molar-refractivity contribution is -0.161. The third-order valence-electron chi connectivity index (χ3n) is 8.07. The van der Waals surface area contributed by atoms with E-state index in [4.69, 9.17) is 19.3 Å². The average Bonchev–Trinajstić information content (AvgIpc) is 3.07. The molecule has 0 aliphatic rings. The van der Waals surface area contributed by atoms with Crippen molar-refractivity contribution in [2.24, 2.45) is 0 Å². The summed E-state index contributed by atoms with van der Waals surface area (Å²) >= 11 is 0. The number of ether oxygens (including phenoxy) is 2. The molecule has 0 aromatic rings. The van der Waals surface area contributed by atoms with E-state index in [1.165, 1.54) is 70.6 Å². The smallest absolute Gasteiger partial charge is 0.462 e. The van der Waals surface area contributed by atoms with Crippen LogP contribution in [0.4, 0.5) is 0 Å². The second-order valence-corrected chi connectivity index (χ2v) is 14.1. The molecule has 0 saturated heterocycles. The van der Waals surface area contributed by atoms with Crippen LogP contribution in [0.15, 0.2) is 48.6 Å². The SMILES string of the molecule is CCCCC/C=C\C/C=C\C/C=C\CCCCC(=O)OC[C@H](COP(=O)(O)O)OC(=O)CCCCCCC/C=C\CCCCCCCCC. The topological polar surface area (TPSA) is 119 Å². The predicted molar refractivity (Wildman–Crippen MR) is 202 cm³/mol.